The molecule has 1 nitrogen and oxygen atoms in total. The van der Waals surface area contributed by atoms with Gasteiger partial charge in [0.15, 0.2) is 0 Å². The minimum absolute atomic E-state index is 0.680. The van der Waals surface area contributed by atoms with Gasteiger partial charge < -0.3 is 5.32 Å². The van der Waals surface area contributed by atoms with E-state index < -0.39 is 0 Å². The fourth-order valence-electron chi connectivity index (χ4n) is 3.30. The molecule has 0 saturated heterocycles. The molecule has 1 aliphatic rings. The van der Waals surface area contributed by atoms with Crippen molar-refractivity contribution >= 4 is 0 Å². The van der Waals surface area contributed by atoms with Gasteiger partial charge >= 0.3 is 0 Å². The van der Waals surface area contributed by atoms with E-state index in [1.54, 1.807) is 0 Å². The van der Waals surface area contributed by atoms with Crippen LogP contribution in [0, 0.1) is 5.41 Å². The predicted octanol–water partition coefficient (Wildman–Crippen LogP) is 4.52. The lowest BCUT2D eigenvalue weighted by Crippen LogP contribution is -2.29. The fraction of sp³-hybridized carbons (Fsp3) is 1.00. The molecule has 16 heavy (non-hydrogen) atoms. The standard InChI is InChI=1S/C15H31N/c1-3-4-5-6-7-8-11-15(14-16-2)12-9-10-13-15/h16H,3-14H2,1-2H3. The second kappa shape index (κ2) is 8.11. The summed E-state index contributed by atoms with van der Waals surface area (Å²) in [6.45, 7) is 3.54. The Morgan fingerprint density at radius 1 is 0.938 bits per heavy atom. The lowest BCUT2D eigenvalue weighted by Gasteiger charge is -2.28. The number of rotatable bonds is 9. The van der Waals surface area contributed by atoms with Crippen molar-refractivity contribution in [3.63, 3.8) is 0 Å². The van der Waals surface area contributed by atoms with E-state index in [0.717, 1.165) is 0 Å². The van der Waals surface area contributed by atoms with E-state index in [1.807, 2.05) is 0 Å². The van der Waals surface area contributed by atoms with Crippen LogP contribution in [0.5, 0.6) is 0 Å². The van der Waals surface area contributed by atoms with Gasteiger partial charge in [-0.1, -0.05) is 58.3 Å². The molecule has 0 spiro atoms. The van der Waals surface area contributed by atoms with Crippen LogP contribution in [0.2, 0.25) is 0 Å². The third-order valence-electron chi connectivity index (χ3n) is 4.28. The summed E-state index contributed by atoms with van der Waals surface area (Å²) in [4.78, 5) is 0. The van der Waals surface area contributed by atoms with Gasteiger partial charge in [0, 0.05) is 6.54 Å². The molecule has 0 aromatic carbocycles. The Bertz CT molecular complexity index is 159. The average Bonchev–Trinajstić information content (AvgIpc) is 2.73. The first kappa shape index (κ1) is 14.0. The summed E-state index contributed by atoms with van der Waals surface area (Å²) in [6, 6.07) is 0. The van der Waals surface area contributed by atoms with E-state index in [9.17, 15) is 0 Å². The monoisotopic (exact) mass is 225 g/mol. The summed E-state index contributed by atoms with van der Waals surface area (Å²) in [5.41, 5.74) is 0.680. The van der Waals surface area contributed by atoms with Crippen LogP contribution in [0.15, 0.2) is 0 Å². The average molecular weight is 225 g/mol. The van der Waals surface area contributed by atoms with Gasteiger partial charge in [0.25, 0.3) is 0 Å². The molecule has 1 fully saturated rings. The van der Waals surface area contributed by atoms with Crippen molar-refractivity contribution in [1.82, 2.24) is 5.32 Å². The first-order valence-corrected chi connectivity index (χ1v) is 7.47. The lowest BCUT2D eigenvalue weighted by molar-refractivity contribution is 0.254. The van der Waals surface area contributed by atoms with Gasteiger partial charge in [-0.05, 0) is 31.7 Å². The van der Waals surface area contributed by atoms with Crippen LogP contribution in [0.25, 0.3) is 0 Å². The molecule has 0 radical (unpaired) electrons. The molecule has 1 heteroatoms. The molecule has 96 valence electrons. The number of hydrogen-bond acceptors (Lipinski definition) is 1. The Morgan fingerprint density at radius 3 is 2.19 bits per heavy atom. The van der Waals surface area contributed by atoms with E-state index in [2.05, 4.69) is 19.3 Å². The second-order valence-electron chi connectivity index (χ2n) is 5.76. The van der Waals surface area contributed by atoms with Gasteiger partial charge in [-0.3, -0.25) is 0 Å². The van der Waals surface area contributed by atoms with Crippen LogP contribution in [-0.4, -0.2) is 13.6 Å². The van der Waals surface area contributed by atoms with Gasteiger partial charge in [0.1, 0.15) is 0 Å². The van der Waals surface area contributed by atoms with E-state index >= 15 is 0 Å². The maximum Gasteiger partial charge on any atom is 0.000480 e. The first-order valence-electron chi connectivity index (χ1n) is 7.47. The van der Waals surface area contributed by atoms with E-state index in [-0.39, 0.29) is 0 Å². The zero-order valence-corrected chi connectivity index (χ0v) is 11.5. The van der Waals surface area contributed by atoms with Crippen molar-refractivity contribution in [2.24, 2.45) is 5.41 Å². The van der Waals surface area contributed by atoms with Crippen molar-refractivity contribution < 1.29 is 0 Å². The number of nitrogens with one attached hydrogen (secondary N) is 1. The Morgan fingerprint density at radius 2 is 1.56 bits per heavy atom. The molecular formula is C15H31N. The van der Waals surface area contributed by atoms with Gasteiger partial charge in [-0.15, -0.1) is 0 Å². The Hall–Kier alpha value is -0.0400. The number of unbranched alkanes of at least 4 members (excludes halogenated alkanes) is 5. The minimum atomic E-state index is 0.680. The highest BCUT2D eigenvalue weighted by atomic mass is 14.8. The highest BCUT2D eigenvalue weighted by molar-refractivity contribution is 4.86. The maximum atomic E-state index is 3.41. The smallest absolute Gasteiger partial charge is 0.000480 e. The molecule has 0 aromatic rings. The SMILES string of the molecule is CCCCCCCCC1(CNC)CCCC1. The molecule has 0 aliphatic heterocycles. The van der Waals surface area contributed by atoms with E-state index in [1.165, 1.54) is 77.2 Å². The molecule has 0 aromatic heterocycles. The lowest BCUT2D eigenvalue weighted by atomic mass is 9.81. The van der Waals surface area contributed by atoms with Gasteiger partial charge in [0.2, 0.25) is 0 Å². The largest absolute Gasteiger partial charge is 0.319 e. The van der Waals surface area contributed by atoms with Crippen molar-refractivity contribution in [1.29, 1.82) is 0 Å². The van der Waals surface area contributed by atoms with Crippen LogP contribution in [0.1, 0.15) is 77.6 Å². The van der Waals surface area contributed by atoms with Crippen molar-refractivity contribution in [3.05, 3.63) is 0 Å². The minimum Gasteiger partial charge on any atom is -0.319 e. The van der Waals surface area contributed by atoms with Gasteiger partial charge in [-0.2, -0.15) is 0 Å². The summed E-state index contributed by atoms with van der Waals surface area (Å²) < 4.78 is 0. The molecule has 1 N–H and O–H groups in total. The molecule has 0 amide bonds. The third-order valence-corrected chi connectivity index (χ3v) is 4.28. The normalized spacial score (nSPS) is 19.1. The van der Waals surface area contributed by atoms with E-state index in [0.29, 0.717) is 5.41 Å². The molecule has 0 atom stereocenters. The molecular weight excluding hydrogens is 194 g/mol. The molecule has 1 aliphatic carbocycles. The zero-order chi connectivity index (χ0) is 11.7. The summed E-state index contributed by atoms with van der Waals surface area (Å²) in [6.07, 6.45) is 16.0. The van der Waals surface area contributed by atoms with Crippen molar-refractivity contribution in [3.8, 4) is 0 Å². The van der Waals surface area contributed by atoms with Gasteiger partial charge in [-0.25, -0.2) is 0 Å². The summed E-state index contributed by atoms with van der Waals surface area (Å²) in [7, 11) is 2.11. The maximum absolute atomic E-state index is 3.41. The highest BCUT2D eigenvalue weighted by Gasteiger charge is 2.32. The molecule has 1 saturated carbocycles. The van der Waals surface area contributed by atoms with Gasteiger partial charge in [0.05, 0.1) is 0 Å². The van der Waals surface area contributed by atoms with Crippen LogP contribution >= 0.6 is 0 Å². The fourth-order valence-corrected chi connectivity index (χ4v) is 3.30. The summed E-state index contributed by atoms with van der Waals surface area (Å²) >= 11 is 0. The molecule has 0 heterocycles. The quantitative estimate of drug-likeness (QED) is 0.569. The Labute approximate surface area is 102 Å². The Balaban J connectivity index is 2.08. The van der Waals surface area contributed by atoms with E-state index in [4.69, 9.17) is 0 Å². The van der Waals surface area contributed by atoms with Crippen LogP contribution in [0.3, 0.4) is 0 Å². The topological polar surface area (TPSA) is 12.0 Å². The summed E-state index contributed by atoms with van der Waals surface area (Å²) in [5, 5.41) is 3.41. The van der Waals surface area contributed by atoms with Crippen LogP contribution < -0.4 is 5.32 Å². The second-order valence-corrected chi connectivity index (χ2v) is 5.76. The third kappa shape index (κ3) is 4.86. The van der Waals surface area contributed by atoms with Crippen molar-refractivity contribution in [2.75, 3.05) is 13.6 Å². The Kier molecular flexibility index (Phi) is 7.11. The zero-order valence-electron chi connectivity index (χ0n) is 11.5. The highest BCUT2D eigenvalue weighted by Crippen LogP contribution is 2.41. The molecule has 1 rings (SSSR count). The first-order chi connectivity index (χ1) is 7.83. The van der Waals surface area contributed by atoms with Crippen LogP contribution in [-0.2, 0) is 0 Å². The molecule has 0 unspecified atom stereocenters. The molecule has 0 bridgehead atoms. The predicted molar refractivity (Wildman–Crippen MR) is 72.8 cm³/mol. The summed E-state index contributed by atoms with van der Waals surface area (Å²) in [5.74, 6) is 0. The van der Waals surface area contributed by atoms with Crippen LogP contribution in [0.4, 0.5) is 0 Å². The van der Waals surface area contributed by atoms with Crippen molar-refractivity contribution in [2.45, 2.75) is 77.6 Å². The number of hydrogen-bond donors (Lipinski definition) is 1.